The molecule has 0 saturated carbocycles. The summed E-state index contributed by atoms with van der Waals surface area (Å²) in [6.45, 7) is 0. The van der Waals surface area contributed by atoms with Crippen molar-refractivity contribution in [3.63, 3.8) is 0 Å². The average molecular weight is 182 g/mol. The van der Waals surface area contributed by atoms with Crippen LogP contribution in [-0.4, -0.2) is 35.0 Å². The lowest BCUT2D eigenvalue weighted by atomic mass is 10.5. The second-order valence-corrected chi connectivity index (χ2v) is 2.45. The molecule has 1 heterocycles. The molecule has 0 saturated heterocycles. The molecule has 0 fully saturated rings. The van der Waals surface area contributed by atoms with Gasteiger partial charge in [0.05, 0.1) is 6.33 Å². The first kappa shape index (κ1) is 9.33. The Hall–Kier alpha value is -1.76. The maximum Gasteiger partial charge on any atom is 0.316 e. The first-order chi connectivity index (χ1) is 6.20. The molecular formula is C6H10N6O. The Morgan fingerprint density at radius 2 is 2.46 bits per heavy atom. The third-order valence-corrected chi connectivity index (χ3v) is 1.10. The number of nitrogens with one attached hydrogen (secondary N) is 2. The Morgan fingerprint density at radius 3 is 3.00 bits per heavy atom. The van der Waals surface area contributed by atoms with E-state index >= 15 is 0 Å². The Bertz CT molecular complexity index is 290. The largest absolute Gasteiger partial charge is 0.350 e. The fourth-order valence-corrected chi connectivity index (χ4v) is 0.586. The Morgan fingerprint density at radius 1 is 1.69 bits per heavy atom. The van der Waals surface area contributed by atoms with Crippen molar-refractivity contribution in [3.8, 4) is 0 Å². The zero-order valence-corrected chi connectivity index (χ0v) is 7.35. The smallest absolute Gasteiger partial charge is 0.316 e. The first-order valence-electron chi connectivity index (χ1n) is 3.57. The van der Waals surface area contributed by atoms with Gasteiger partial charge in [0.1, 0.15) is 5.69 Å². The van der Waals surface area contributed by atoms with Gasteiger partial charge in [0.25, 0.3) is 0 Å². The molecule has 1 aromatic rings. The number of amides is 1. The fraction of sp³-hybridized carbons (Fsp3) is 0.333. The van der Waals surface area contributed by atoms with Crippen LogP contribution in [0.15, 0.2) is 22.9 Å². The number of aromatic nitrogens is 2. The van der Waals surface area contributed by atoms with Crippen molar-refractivity contribution in [1.82, 2.24) is 20.5 Å². The van der Waals surface area contributed by atoms with Crippen LogP contribution < -0.4 is 5.53 Å². The van der Waals surface area contributed by atoms with E-state index in [1.54, 1.807) is 19.1 Å². The molecule has 0 atom stereocenters. The highest BCUT2D eigenvalue weighted by Gasteiger charge is 2.04. The predicted octanol–water partition coefficient (Wildman–Crippen LogP) is -0.0167. The van der Waals surface area contributed by atoms with Crippen molar-refractivity contribution in [3.05, 3.63) is 18.2 Å². The van der Waals surface area contributed by atoms with Gasteiger partial charge in [-0.3, -0.25) is 4.79 Å². The number of hydrazine groups is 1. The van der Waals surface area contributed by atoms with Crippen molar-refractivity contribution < 1.29 is 4.79 Å². The van der Waals surface area contributed by atoms with Gasteiger partial charge in [-0.25, -0.2) is 15.5 Å². The molecule has 1 rings (SSSR count). The molecule has 13 heavy (non-hydrogen) atoms. The summed E-state index contributed by atoms with van der Waals surface area (Å²) in [7, 11) is 3.47. The van der Waals surface area contributed by atoms with Gasteiger partial charge in [-0.15, -0.1) is 0 Å². The topological polar surface area (TPSA) is 85.7 Å². The lowest BCUT2D eigenvalue weighted by Crippen LogP contribution is -2.24. The number of rotatable bonds is 3. The van der Waals surface area contributed by atoms with E-state index in [0.717, 1.165) is 0 Å². The standard InChI is InChI=1S/C6H10N6O/c1-12(2)11-10-9-6(13)5-3-7-4-8-5/h3-4H,1-2H3,(H,7,8)(H,9,11,13). The third-order valence-electron chi connectivity index (χ3n) is 1.10. The molecular weight excluding hydrogens is 172 g/mol. The summed E-state index contributed by atoms with van der Waals surface area (Å²) in [5.41, 5.74) is 2.71. The molecule has 0 aliphatic carbocycles. The van der Waals surface area contributed by atoms with Crippen LogP contribution in [0.3, 0.4) is 0 Å². The molecule has 7 nitrogen and oxygen atoms in total. The van der Waals surface area contributed by atoms with Crippen LogP contribution >= 0.6 is 0 Å². The number of nitrogens with zero attached hydrogens (tertiary/aromatic N) is 4. The number of hydrogen-bond donors (Lipinski definition) is 2. The molecule has 1 aromatic heterocycles. The monoisotopic (exact) mass is 182 g/mol. The summed E-state index contributed by atoms with van der Waals surface area (Å²) in [5, 5.41) is 8.34. The van der Waals surface area contributed by atoms with Crippen LogP contribution in [0.4, 0.5) is 0 Å². The maximum atomic E-state index is 11.1. The fourth-order valence-electron chi connectivity index (χ4n) is 0.586. The Kier molecular flexibility index (Phi) is 3.09. The molecule has 70 valence electrons. The highest BCUT2D eigenvalue weighted by molar-refractivity contribution is 5.92. The van der Waals surface area contributed by atoms with E-state index in [-0.39, 0.29) is 5.69 Å². The van der Waals surface area contributed by atoms with E-state index in [4.69, 9.17) is 0 Å². The van der Waals surface area contributed by atoms with E-state index < -0.39 is 5.91 Å². The van der Waals surface area contributed by atoms with Gasteiger partial charge in [0.2, 0.25) is 0 Å². The van der Waals surface area contributed by atoms with Gasteiger partial charge in [0.15, 0.2) is 0 Å². The van der Waals surface area contributed by atoms with Crippen molar-refractivity contribution in [2.75, 3.05) is 14.1 Å². The molecule has 0 aliphatic rings. The number of carbonyl (C=O) groups excluding carboxylic acids is 1. The normalized spacial score (nSPS) is 11.0. The highest BCUT2D eigenvalue weighted by Crippen LogP contribution is 1.93. The summed E-state index contributed by atoms with van der Waals surface area (Å²) in [6.07, 6.45) is 2.86. The minimum atomic E-state index is -0.490. The molecule has 1 amide bonds. The van der Waals surface area contributed by atoms with Crippen molar-refractivity contribution in [1.29, 1.82) is 0 Å². The second-order valence-electron chi connectivity index (χ2n) is 2.45. The van der Waals surface area contributed by atoms with Gasteiger partial charge >= 0.3 is 5.91 Å². The first-order valence-corrected chi connectivity index (χ1v) is 3.57. The van der Waals surface area contributed by atoms with E-state index in [0.29, 0.717) is 0 Å². The summed E-state index contributed by atoms with van der Waals surface area (Å²) in [4.78, 5) is 17.4. The van der Waals surface area contributed by atoms with E-state index in [2.05, 4.69) is 25.8 Å². The van der Waals surface area contributed by atoms with Gasteiger partial charge in [0, 0.05) is 20.3 Å². The van der Waals surface area contributed by atoms with Crippen LogP contribution in [-0.2, 0) is 0 Å². The molecule has 0 spiro atoms. The van der Waals surface area contributed by atoms with Crippen LogP contribution in [0.2, 0.25) is 0 Å². The Labute approximate surface area is 74.8 Å². The van der Waals surface area contributed by atoms with E-state index in [1.807, 2.05) is 0 Å². The molecule has 2 N–H and O–H groups in total. The van der Waals surface area contributed by atoms with E-state index in [1.165, 1.54) is 12.5 Å². The minimum Gasteiger partial charge on any atom is -0.350 e. The number of imidazole rings is 1. The lowest BCUT2D eigenvalue weighted by Gasteiger charge is -2.04. The summed E-state index contributed by atoms with van der Waals surface area (Å²) < 4.78 is 0. The number of hydrogen-bond acceptors (Lipinski definition) is 4. The summed E-state index contributed by atoms with van der Waals surface area (Å²) >= 11 is 0. The molecule has 0 aromatic carbocycles. The van der Waals surface area contributed by atoms with Gasteiger partial charge in [-0.05, 0) is 0 Å². The van der Waals surface area contributed by atoms with Crippen LogP contribution in [0, 0.1) is 0 Å². The van der Waals surface area contributed by atoms with Crippen molar-refractivity contribution >= 4 is 5.91 Å². The molecule has 7 heteroatoms. The number of H-pyrrole nitrogens is 1. The Balaban J connectivity index is 2.47. The van der Waals surface area contributed by atoms with Crippen molar-refractivity contribution in [2.24, 2.45) is 10.3 Å². The van der Waals surface area contributed by atoms with Crippen molar-refractivity contribution in [2.45, 2.75) is 0 Å². The predicted molar refractivity (Wildman–Crippen MR) is 44.6 cm³/mol. The molecule has 0 unspecified atom stereocenters. The summed E-state index contributed by atoms with van der Waals surface area (Å²) in [5.74, 6) is -0.490. The SMILES string of the molecule is CN(C)N/N=N/C(=O)c1c[nH]cn1. The van der Waals surface area contributed by atoms with Crippen LogP contribution in [0.5, 0.6) is 0 Å². The minimum absolute atomic E-state index is 0.240. The van der Waals surface area contributed by atoms with Gasteiger partial charge in [-0.2, -0.15) is 0 Å². The third kappa shape index (κ3) is 2.99. The zero-order valence-electron chi connectivity index (χ0n) is 7.35. The maximum absolute atomic E-state index is 11.1. The number of carbonyl (C=O) groups is 1. The lowest BCUT2D eigenvalue weighted by molar-refractivity contribution is 0.0983. The summed E-state index contributed by atoms with van der Waals surface area (Å²) in [6, 6.07) is 0. The average Bonchev–Trinajstić information content (AvgIpc) is 2.55. The second kappa shape index (κ2) is 4.31. The van der Waals surface area contributed by atoms with E-state index in [9.17, 15) is 4.79 Å². The zero-order chi connectivity index (χ0) is 9.68. The van der Waals surface area contributed by atoms with Crippen LogP contribution in [0.1, 0.15) is 10.5 Å². The van der Waals surface area contributed by atoms with Gasteiger partial charge in [-0.1, -0.05) is 10.3 Å². The molecule has 0 aliphatic heterocycles. The quantitative estimate of drug-likeness (QED) is 0.508. The number of aromatic amines is 1. The molecule has 0 radical (unpaired) electrons. The van der Waals surface area contributed by atoms with Gasteiger partial charge < -0.3 is 4.98 Å². The molecule has 0 bridgehead atoms. The van der Waals surface area contributed by atoms with Crippen LogP contribution in [0.25, 0.3) is 0 Å². The highest BCUT2D eigenvalue weighted by atomic mass is 16.2.